The summed E-state index contributed by atoms with van der Waals surface area (Å²) in [6, 6.07) is 88.1. The van der Waals surface area contributed by atoms with Crippen molar-refractivity contribution in [1.82, 2.24) is 23.7 Å². The summed E-state index contributed by atoms with van der Waals surface area (Å²) >= 11 is 0. The maximum absolute atomic E-state index is 15.0. The number of fused-ring (bicyclic) bond motifs is 9. The molecule has 0 atom stereocenters. The van der Waals surface area contributed by atoms with Gasteiger partial charge in [0.1, 0.15) is 0 Å². The first-order valence-corrected chi connectivity index (χ1v) is 26.7. The number of aromatic nitrogens is 5. The van der Waals surface area contributed by atoms with Crippen molar-refractivity contribution < 1.29 is 13.2 Å². The Morgan fingerprint density at radius 3 is 1.21 bits per heavy atom. The molecule has 4 aromatic heterocycles. The van der Waals surface area contributed by atoms with Gasteiger partial charge in [-0.1, -0.05) is 181 Å². The van der Waals surface area contributed by atoms with Gasteiger partial charge in [0.2, 0.25) is 0 Å². The number of alkyl halides is 3. The Kier molecular flexibility index (Phi) is 10.8. The summed E-state index contributed by atoms with van der Waals surface area (Å²) in [5.74, 6) is 0.573. The van der Waals surface area contributed by atoms with E-state index in [2.05, 4.69) is 196 Å². The van der Waals surface area contributed by atoms with Crippen molar-refractivity contribution in [1.29, 1.82) is 0 Å². The minimum atomic E-state index is -4.57. The molecule has 8 heteroatoms. The maximum Gasteiger partial charge on any atom is 0.416 e. The minimum Gasteiger partial charge on any atom is -0.309 e. The van der Waals surface area contributed by atoms with Gasteiger partial charge in [0, 0.05) is 71.3 Å². The third-order valence-electron chi connectivity index (χ3n) is 15.7. The van der Waals surface area contributed by atoms with Crippen LogP contribution in [0.1, 0.15) is 11.1 Å². The van der Waals surface area contributed by atoms with Gasteiger partial charge in [-0.25, -0.2) is 9.97 Å². The van der Waals surface area contributed by atoms with Gasteiger partial charge in [0.15, 0.2) is 5.82 Å². The van der Waals surface area contributed by atoms with Crippen molar-refractivity contribution in [3.63, 3.8) is 0 Å². The molecule has 0 amide bonds. The van der Waals surface area contributed by atoms with E-state index in [0.717, 1.165) is 116 Å². The zero-order valence-corrected chi connectivity index (χ0v) is 43.2. The maximum atomic E-state index is 15.0. The molecule has 15 aromatic rings. The fraction of sp³-hybridized carbons (Fsp3) is 0.0278. The standard InChI is InChI=1S/C72H46F3N5/c1-45-36-38-68-56(40-45)57-43-49(72(73,74)75)37-39-69(57)80(68)70-58(54-28-12-18-34-66(54)78-62-30-14-8-24-50(62)51-25-9-15-31-63(51)78)41-48(61-44-60(46-20-4-2-5-21-46)76-71(77-61)47-22-6-3-7-23-47)42-59(70)55-29-13-19-35-67(55)79-64-32-16-10-26-52(64)53-27-11-17-33-65(53)79/h2-44H,1H3. The van der Waals surface area contributed by atoms with Crippen LogP contribution in [0.3, 0.4) is 0 Å². The number of hydrogen-bond acceptors (Lipinski definition) is 2. The van der Waals surface area contributed by atoms with Crippen LogP contribution in [0.15, 0.2) is 261 Å². The molecule has 0 saturated heterocycles. The van der Waals surface area contributed by atoms with E-state index in [1.165, 1.54) is 12.1 Å². The molecule has 0 spiro atoms. The van der Waals surface area contributed by atoms with Crippen molar-refractivity contribution >= 4 is 65.4 Å². The molecular formula is C72H46F3N5. The molecule has 380 valence electrons. The van der Waals surface area contributed by atoms with Crippen molar-refractivity contribution in [3.05, 3.63) is 272 Å². The van der Waals surface area contributed by atoms with Crippen molar-refractivity contribution in [2.45, 2.75) is 13.1 Å². The average molecular weight is 1040 g/mol. The number of aryl methyl sites for hydroxylation is 1. The number of hydrogen-bond donors (Lipinski definition) is 0. The molecule has 0 bridgehead atoms. The van der Waals surface area contributed by atoms with Crippen LogP contribution >= 0.6 is 0 Å². The molecule has 0 aliphatic heterocycles. The van der Waals surface area contributed by atoms with Crippen molar-refractivity contribution in [2.75, 3.05) is 0 Å². The largest absolute Gasteiger partial charge is 0.416 e. The molecule has 11 aromatic carbocycles. The second-order valence-corrected chi connectivity index (χ2v) is 20.5. The highest BCUT2D eigenvalue weighted by Gasteiger charge is 2.32. The molecule has 0 unspecified atom stereocenters. The van der Waals surface area contributed by atoms with E-state index in [-0.39, 0.29) is 0 Å². The smallest absolute Gasteiger partial charge is 0.309 e. The Morgan fingerprint density at radius 1 is 0.312 bits per heavy atom. The molecule has 0 fully saturated rings. The van der Waals surface area contributed by atoms with Crippen molar-refractivity contribution in [2.24, 2.45) is 0 Å². The quantitative estimate of drug-likeness (QED) is 0.152. The first-order valence-electron chi connectivity index (χ1n) is 26.7. The van der Waals surface area contributed by atoms with Gasteiger partial charge < -0.3 is 13.7 Å². The highest BCUT2D eigenvalue weighted by atomic mass is 19.4. The summed E-state index contributed by atoms with van der Waals surface area (Å²) < 4.78 is 51.8. The summed E-state index contributed by atoms with van der Waals surface area (Å²) in [6.07, 6.45) is -4.57. The average Bonchev–Trinajstić information content (AvgIpc) is 4.21. The zero-order chi connectivity index (χ0) is 53.6. The van der Waals surface area contributed by atoms with E-state index >= 15 is 0 Å². The number of para-hydroxylation sites is 6. The van der Waals surface area contributed by atoms with E-state index in [1.807, 2.05) is 67.6 Å². The third-order valence-corrected chi connectivity index (χ3v) is 15.7. The van der Waals surface area contributed by atoms with Gasteiger partial charge >= 0.3 is 6.18 Å². The normalized spacial score (nSPS) is 12.0. The third kappa shape index (κ3) is 7.55. The van der Waals surface area contributed by atoms with Crippen molar-refractivity contribution in [3.8, 4) is 73.2 Å². The van der Waals surface area contributed by atoms with Crippen LogP contribution < -0.4 is 0 Å². The Bertz CT molecular complexity index is 4610. The van der Waals surface area contributed by atoms with Gasteiger partial charge in [0.25, 0.3) is 0 Å². The lowest BCUT2D eigenvalue weighted by Crippen LogP contribution is -2.07. The Balaban J connectivity index is 1.15. The summed E-state index contributed by atoms with van der Waals surface area (Å²) in [7, 11) is 0. The van der Waals surface area contributed by atoms with Crippen LogP contribution in [-0.2, 0) is 6.18 Å². The lowest BCUT2D eigenvalue weighted by molar-refractivity contribution is -0.137. The lowest BCUT2D eigenvalue weighted by atomic mass is 9.90. The lowest BCUT2D eigenvalue weighted by Gasteiger charge is -2.24. The summed E-state index contributed by atoms with van der Waals surface area (Å²) in [5, 5.41) is 5.70. The fourth-order valence-corrected chi connectivity index (χ4v) is 12.2. The SMILES string of the molecule is Cc1ccc2c(c1)c1cc(C(F)(F)F)ccc1n2-c1c(-c2ccccc2-n2c3ccccc3c3ccccc32)cc(-c2cc(-c3ccccc3)nc(-c3ccccc3)n2)cc1-c1ccccc1-n1c2ccccc2c2ccccc21. The molecule has 0 aliphatic carbocycles. The fourth-order valence-electron chi connectivity index (χ4n) is 12.2. The highest BCUT2D eigenvalue weighted by Crippen LogP contribution is 2.49. The molecule has 5 nitrogen and oxygen atoms in total. The predicted molar refractivity (Wildman–Crippen MR) is 322 cm³/mol. The van der Waals surface area contributed by atoms with Crippen LogP contribution in [0, 0.1) is 6.92 Å². The molecule has 0 aliphatic rings. The van der Waals surface area contributed by atoms with Crippen LogP contribution in [0.5, 0.6) is 0 Å². The second kappa shape index (κ2) is 18.4. The first-order chi connectivity index (χ1) is 39.2. The Labute approximate surface area is 458 Å². The van der Waals surface area contributed by atoms with Crippen LogP contribution in [0.2, 0.25) is 0 Å². The molecular weight excluding hydrogens is 992 g/mol. The van der Waals surface area contributed by atoms with E-state index in [4.69, 9.17) is 9.97 Å². The minimum absolute atomic E-state index is 0.502. The number of nitrogens with zero attached hydrogens (tertiary/aromatic N) is 5. The highest BCUT2D eigenvalue weighted by molar-refractivity contribution is 6.14. The summed E-state index contributed by atoms with van der Waals surface area (Å²) in [4.78, 5) is 10.7. The van der Waals surface area contributed by atoms with Crippen LogP contribution in [0.25, 0.3) is 139 Å². The van der Waals surface area contributed by atoms with Gasteiger partial charge in [-0.15, -0.1) is 0 Å². The Hall–Kier alpha value is -10.3. The van der Waals surface area contributed by atoms with Gasteiger partial charge in [0.05, 0.1) is 67.1 Å². The number of benzene rings is 11. The number of halogens is 3. The molecule has 4 heterocycles. The first kappa shape index (κ1) is 46.9. The molecule has 0 radical (unpaired) electrons. The van der Waals surface area contributed by atoms with Crippen LogP contribution in [0.4, 0.5) is 13.2 Å². The second-order valence-electron chi connectivity index (χ2n) is 20.5. The molecule has 0 saturated carbocycles. The van der Waals surface area contributed by atoms with Crippen LogP contribution in [-0.4, -0.2) is 23.7 Å². The zero-order valence-electron chi connectivity index (χ0n) is 43.2. The topological polar surface area (TPSA) is 40.6 Å². The molecule has 15 rings (SSSR count). The van der Waals surface area contributed by atoms with E-state index in [1.54, 1.807) is 6.07 Å². The molecule has 0 N–H and O–H groups in total. The van der Waals surface area contributed by atoms with Gasteiger partial charge in [-0.05, 0) is 91.9 Å². The molecule has 80 heavy (non-hydrogen) atoms. The predicted octanol–water partition coefficient (Wildman–Crippen LogP) is 19.4. The van der Waals surface area contributed by atoms with Gasteiger partial charge in [-0.3, -0.25) is 0 Å². The monoisotopic (exact) mass is 1040 g/mol. The van der Waals surface area contributed by atoms with E-state index < -0.39 is 11.7 Å². The summed E-state index contributed by atoms with van der Waals surface area (Å²) in [5.41, 5.74) is 16.0. The summed E-state index contributed by atoms with van der Waals surface area (Å²) in [6.45, 7) is 1.99. The van der Waals surface area contributed by atoms with Gasteiger partial charge in [-0.2, -0.15) is 13.2 Å². The van der Waals surface area contributed by atoms with E-state index in [0.29, 0.717) is 27.8 Å². The Morgan fingerprint density at radius 2 is 0.713 bits per heavy atom. The number of rotatable bonds is 8. The van der Waals surface area contributed by atoms with E-state index in [9.17, 15) is 13.2 Å².